The number of carbonyl (C=O) groups is 1. The molecule has 5 unspecified atom stereocenters. The SMILES string of the molecule is CC1CC2C3=CC=C(OS(=O)(=O)C(F)(F)F)C3(C)CCC2C2(C)CCC(=O)C=C12. The van der Waals surface area contributed by atoms with Gasteiger partial charge in [-0.05, 0) is 67.9 Å². The minimum Gasteiger partial charge on any atom is -0.380 e. The average Bonchev–Trinajstić information content (AvgIpc) is 2.92. The highest BCUT2D eigenvalue weighted by Gasteiger charge is 2.58. The largest absolute Gasteiger partial charge is 0.534 e. The molecule has 0 amide bonds. The lowest BCUT2D eigenvalue weighted by Gasteiger charge is -2.57. The molecule has 0 spiro atoms. The molecule has 0 aromatic heterocycles. The summed E-state index contributed by atoms with van der Waals surface area (Å²) in [4.78, 5) is 12.0. The summed E-state index contributed by atoms with van der Waals surface area (Å²) in [5.41, 5.74) is -4.25. The normalized spacial score (nSPS) is 39.6. The molecule has 2 saturated carbocycles. The Morgan fingerprint density at radius 1 is 1.14 bits per heavy atom. The first kappa shape index (κ1) is 20.7. The average molecular weight is 430 g/mol. The van der Waals surface area contributed by atoms with Crippen LogP contribution in [0, 0.1) is 28.6 Å². The van der Waals surface area contributed by atoms with Gasteiger partial charge < -0.3 is 4.18 Å². The molecule has 0 N–H and O–H groups in total. The van der Waals surface area contributed by atoms with Crippen molar-refractivity contribution in [2.75, 3.05) is 0 Å². The molecule has 4 nitrogen and oxygen atoms in total. The van der Waals surface area contributed by atoms with Gasteiger partial charge in [-0.3, -0.25) is 4.79 Å². The van der Waals surface area contributed by atoms with Gasteiger partial charge in [0.05, 0.1) is 0 Å². The Labute approximate surface area is 169 Å². The number of alkyl halides is 3. The third-order valence-electron chi connectivity index (χ3n) is 7.74. The summed E-state index contributed by atoms with van der Waals surface area (Å²) in [6.45, 7) is 6.08. The monoisotopic (exact) mass is 430 g/mol. The van der Waals surface area contributed by atoms with Crippen LogP contribution in [0.15, 0.2) is 35.1 Å². The van der Waals surface area contributed by atoms with Crippen molar-refractivity contribution in [1.29, 1.82) is 0 Å². The summed E-state index contributed by atoms with van der Waals surface area (Å²) in [7, 11) is -5.70. The predicted octanol–water partition coefficient (Wildman–Crippen LogP) is 5.04. The second kappa shape index (κ2) is 6.22. The van der Waals surface area contributed by atoms with Gasteiger partial charge in [0.2, 0.25) is 0 Å². The van der Waals surface area contributed by atoms with E-state index in [0.29, 0.717) is 12.8 Å². The number of fused-ring (bicyclic) bond motifs is 5. The molecule has 29 heavy (non-hydrogen) atoms. The van der Waals surface area contributed by atoms with E-state index in [1.54, 1.807) is 13.0 Å². The van der Waals surface area contributed by atoms with E-state index in [0.717, 1.165) is 24.8 Å². The molecule has 4 aliphatic rings. The first-order valence-corrected chi connectivity index (χ1v) is 11.4. The molecule has 0 aromatic rings. The molecule has 0 saturated heterocycles. The van der Waals surface area contributed by atoms with E-state index in [2.05, 4.69) is 18.0 Å². The Kier molecular flexibility index (Phi) is 4.44. The maximum atomic E-state index is 12.8. The van der Waals surface area contributed by atoms with E-state index in [4.69, 9.17) is 0 Å². The third kappa shape index (κ3) is 2.93. The molecule has 0 radical (unpaired) electrons. The van der Waals surface area contributed by atoms with E-state index in [9.17, 15) is 26.4 Å². The lowest BCUT2D eigenvalue weighted by Crippen LogP contribution is -2.49. The number of hydrogen-bond donors (Lipinski definition) is 0. The topological polar surface area (TPSA) is 60.4 Å². The van der Waals surface area contributed by atoms with Crippen molar-refractivity contribution in [2.45, 2.75) is 58.4 Å². The fourth-order valence-corrected chi connectivity index (χ4v) is 6.80. The van der Waals surface area contributed by atoms with Crippen LogP contribution in [0.2, 0.25) is 0 Å². The fraction of sp³-hybridized carbons (Fsp3) is 0.667. The lowest BCUT2D eigenvalue weighted by molar-refractivity contribution is -0.116. The zero-order chi connectivity index (χ0) is 21.4. The number of carbonyl (C=O) groups excluding carboxylic acids is 1. The highest BCUT2D eigenvalue weighted by molar-refractivity contribution is 7.87. The number of halogens is 3. The van der Waals surface area contributed by atoms with E-state index >= 15 is 0 Å². The van der Waals surface area contributed by atoms with E-state index in [1.165, 1.54) is 11.6 Å². The summed E-state index contributed by atoms with van der Waals surface area (Å²) in [5, 5.41) is 0. The van der Waals surface area contributed by atoms with Gasteiger partial charge in [0, 0.05) is 11.8 Å². The Balaban J connectivity index is 1.65. The maximum absolute atomic E-state index is 12.8. The van der Waals surface area contributed by atoms with Crippen LogP contribution in [0.4, 0.5) is 13.2 Å². The van der Waals surface area contributed by atoms with Gasteiger partial charge in [-0.1, -0.05) is 31.1 Å². The quantitative estimate of drug-likeness (QED) is 0.455. The minimum atomic E-state index is -5.70. The number of hydrogen-bond acceptors (Lipinski definition) is 4. The summed E-state index contributed by atoms with van der Waals surface area (Å²) in [5.74, 6) is 0.631. The first-order valence-electron chi connectivity index (χ1n) is 9.98. The Bertz CT molecular complexity index is 959. The molecule has 5 atom stereocenters. The van der Waals surface area contributed by atoms with Crippen LogP contribution in [0.5, 0.6) is 0 Å². The zero-order valence-corrected chi connectivity index (χ0v) is 17.5. The molecule has 0 aliphatic heterocycles. The highest BCUT2D eigenvalue weighted by atomic mass is 32.2. The van der Waals surface area contributed by atoms with Gasteiger partial charge >= 0.3 is 15.6 Å². The van der Waals surface area contributed by atoms with Crippen molar-refractivity contribution >= 4 is 15.9 Å². The van der Waals surface area contributed by atoms with Gasteiger partial charge in [-0.15, -0.1) is 0 Å². The van der Waals surface area contributed by atoms with Crippen molar-refractivity contribution in [3.63, 3.8) is 0 Å². The first-order chi connectivity index (χ1) is 13.3. The van der Waals surface area contributed by atoms with Crippen molar-refractivity contribution < 1.29 is 30.6 Å². The molecule has 8 heteroatoms. The highest BCUT2D eigenvalue weighted by Crippen LogP contribution is 2.65. The Morgan fingerprint density at radius 2 is 1.83 bits per heavy atom. The molecule has 4 aliphatic carbocycles. The summed E-state index contributed by atoms with van der Waals surface area (Å²) < 4.78 is 66.2. The van der Waals surface area contributed by atoms with E-state index in [1.807, 2.05) is 6.08 Å². The summed E-state index contributed by atoms with van der Waals surface area (Å²) in [6.07, 6.45) is 8.33. The third-order valence-corrected chi connectivity index (χ3v) is 8.71. The number of ketones is 1. The molecular weight excluding hydrogens is 405 g/mol. The van der Waals surface area contributed by atoms with Crippen LogP contribution in [-0.2, 0) is 19.1 Å². The molecule has 2 fully saturated rings. The van der Waals surface area contributed by atoms with Crippen molar-refractivity contribution in [3.8, 4) is 0 Å². The van der Waals surface area contributed by atoms with Crippen LogP contribution in [-0.4, -0.2) is 19.7 Å². The van der Waals surface area contributed by atoms with Gasteiger partial charge in [-0.25, -0.2) is 0 Å². The Morgan fingerprint density at radius 3 is 2.48 bits per heavy atom. The van der Waals surface area contributed by atoms with Crippen LogP contribution in [0.3, 0.4) is 0 Å². The van der Waals surface area contributed by atoms with Gasteiger partial charge in [-0.2, -0.15) is 21.6 Å². The number of rotatable bonds is 2. The maximum Gasteiger partial charge on any atom is 0.534 e. The predicted molar refractivity (Wildman–Crippen MR) is 101 cm³/mol. The Hall–Kier alpha value is -1.57. The molecular formula is C21H25F3O4S. The number of allylic oxidation sites excluding steroid dienone is 5. The lowest BCUT2D eigenvalue weighted by atomic mass is 9.47. The van der Waals surface area contributed by atoms with Gasteiger partial charge in [0.15, 0.2) is 5.78 Å². The van der Waals surface area contributed by atoms with Crippen molar-refractivity contribution in [3.05, 3.63) is 35.1 Å². The van der Waals surface area contributed by atoms with Crippen LogP contribution >= 0.6 is 0 Å². The molecule has 0 aromatic carbocycles. The van der Waals surface area contributed by atoms with Gasteiger partial charge in [0.1, 0.15) is 5.76 Å². The fourth-order valence-electron chi connectivity index (χ4n) is 6.23. The zero-order valence-electron chi connectivity index (χ0n) is 16.7. The van der Waals surface area contributed by atoms with E-state index < -0.39 is 21.0 Å². The second-order valence-corrected chi connectivity index (χ2v) is 10.9. The minimum absolute atomic E-state index is 0.111. The van der Waals surface area contributed by atoms with Gasteiger partial charge in [0.25, 0.3) is 0 Å². The second-order valence-electron chi connectivity index (χ2n) is 9.34. The van der Waals surface area contributed by atoms with Crippen LogP contribution in [0.25, 0.3) is 0 Å². The summed E-state index contributed by atoms with van der Waals surface area (Å²) in [6, 6.07) is 0. The molecule has 4 rings (SSSR count). The van der Waals surface area contributed by atoms with Crippen LogP contribution in [0.1, 0.15) is 52.9 Å². The van der Waals surface area contributed by atoms with E-state index in [-0.39, 0.29) is 34.7 Å². The van der Waals surface area contributed by atoms with Crippen LogP contribution < -0.4 is 0 Å². The molecule has 0 heterocycles. The summed E-state index contributed by atoms with van der Waals surface area (Å²) >= 11 is 0. The van der Waals surface area contributed by atoms with Crippen molar-refractivity contribution in [1.82, 2.24) is 0 Å². The van der Waals surface area contributed by atoms with Crippen molar-refractivity contribution in [2.24, 2.45) is 28.6 Å². The smallest absolute Gasteiger partial charge is 0.380 e. The molecule has 0 bridgehead atoms. The molecule has 160 valence electrons. The standard InChI is InChI=1S/C21H25F3O4S/c1-12-10-14-15-4-5-18(28-29(26,27)21(22,23)24)20(15,3)9-7-16(14)19(2)8-6-13(25)11-17(12)19/h4-5,11-12,14,16H,6-10H2,1-3H3.